The van der Waals surface area contributed by atoms with Crippen LogP contribution < -0.4 is 0 Å². The minimum absolute atomic E-state index is 0.955. The van der Waals surface area contributed by atoms with E-state index in [9.17, 15) is 0 Å². The van der Waals surface area contributed by atoms with E-state index in [1.165, 1.54) is 66.4 Å². The van der Waals surface area contributed by atoms with Crippen LogP contribution in [0.1, 0.15) is 11.1 Å². The second kappa shape index (κ2) is 8.29. The van der Waals surface area contributed by atoms with Crippen LogP contribution in [0.3, 0.4) is 0 Å². The van der Waals surface area contributed by atoms with Crippen molar-refractivity contribution in [3.63, 3.8) is 0 Å². The number of fused-ring (bicyclic) bond motifs is 5. The van der Waals surface area contributed by atoms with E-state index < -0.39 is 0 Å². The quantitative estimate of drug-likeness (QED) is 0.244. The third-order valence-corrected chi connectivity index (χ3v) is 7.89. The Labute approximate surface area is 221 Å². The molecule has 1 aliphatic rings. The maximum Gasteiger partial charge on any atom is 0.0650 e. The summed E-state index contributed by atoms with van der Waals surface area (Å²) in [5.74, 6) is 0. The van der Waals surface area contributed by atoms with E-state index in [-0.39, 0.29) is 0 Å². The Balaban J connectivity index is 1.45. The Kier molecular flexibility index (Phi) is 4.62. The zero-order valence-electron chi connectivity index (χ0n) is 20.8. The van der Waals surface area contributed by atoms with Gasteiger partial charge in [0.1, 0.15) is 0 Å². The van der Waals surface area contributed by atoms with Gasteiger partial charge in [-0.3, -0.25) is 4.98 Å². The first-order valence-corrected chi connectivity index (χ1v) is 13.1. The Morgan fingerprint density at radius 2 is 1.18 bits per heavy atom. The molecule has 2 aromatic heterocycles. The number of para-hydroxylation sites is 2. The number of rotatable bonds is 3. The van der Waals surface area contributed by atoms with E-state index in [2.05, 4.69) is 126 Å². The van der Waals surface area contributed by atoms with Crippen LogP contribution in [-0.2, 0) is 6.42 Å². The summed E-state index contributed by atoms with van der Waals surface area (Å²) in [6.45, 7) is 0. The fraction of sp³-hybridized carbons (Fsp3) is 0.0278. The highest BCUT2D eigenvalue weighted by molar-refractivity contribution is 6.15. The van der Waals surface area contributed by atoms with Gasteiger partial charge in [-0.05, 0) is 51.1 Å². The van der Waals surface area contributed by atoms with E-state index >= 15 is 0 Å². The number of nitrogens with zero attached hydrogens (tertiary/aromatic N) is 2. The molecule has 0 saturated heterocycles. The van der Waals surface area contributed by atoms with Crippen LogP contribution in [0.25, 0.3) is 60.9 Å². The maximum atomic E-state index is 4.76. The van der Waals surface area contributed by atoms with Gasteiger partial charge >= 0.3 is 0 Å². The van der Waals surface area contributed by atoms with Crippen molar-refractivity contribution >= 4 is 21.8 Å². The van der Waals surface area contributed by atoms with Gasteiger partial charge in [0.25, 0.3) is 0 Å². The fourth-order valence-corrected chi connectivity index (χ4v) is 6.19. The van der Waals surface area contributed by atoms with E-state index in [4.69, 9.17) is 4.98 Å². The van der Waals surface area contributed by atoms with Crippen molar-refractivity contribution in [2.75, 3.05) is 0 Å². The summed E-state index contributed by atoms with van der Waals surface area (Å²) in [6, 6.07) is 43.7. The Morgan fingerprint density at radius 3 is 2.00 bits per heavy atom. The molecule has 0 N–H and O–H groups in total. The van der Waals surface area contributed by atoms with Crippen LogP contribution in [0.4, 0.5) is 0 Å². The molecule has 0 amide bonds. The number of benzene rings is 5. The van der Waals surface area contributed by atoms with Crippen molar-refractivity contribution < 1.29 is 0 Å². The van der Waals surface area contributed by atoms with Gasteiger partial charge in [-0.1, -0.05) is 109 Å². The second-order valence-corrected chi connectivity index (χ2v) is 10.0. The molecule has 2 nitrogen and oxygen atoms in total. The molecule has 0 saturated carbocycles. The summed E-state index contributed by atoms with van der Waals surface area (Å²) in [5.41, 5.74) is 13.7. The van der Waals surface area contributed by atoms with Crippen LogP contribution in [0.5, 0.6) is 0 Å². The van der Waals surface area contributed by atoms with E-state index in [1.807, 2.05) is 12.4 Å². The van der Waals surface area contributed by atoms with Crippen LogP contribution in [0, 0.1) is 0 Å². The third kappa shape index (κ3) is 3.10. The average molecular weight is 485 g/mol. The van der Waals surface area contributed by atoms with E-state index in [0.29, 0.717) is 0 Å². The van der Waals surface area contributed by atoms with Gasteiger partial charge in [-0.2, -0.15) is 0 Å². The zero-order valence-corrected chi connectivity index (χ0v) is 20.8. The van der Waals surface area contributed by atoms with Crippen molar-refractivity contribution in [2.24, 2.45) is 0 Å². The van der Waals surface area contributed by atoms with Crippen molar-refractivity contribution in [2.45, 2.75) is 6.42 Å². The van der Waals surface area contributed by atoms with Crippen molar-refractivity contribution in [1.82, 2.24) is 9.55 Å². The molecule has 5 aromatic carbocycles. The molecule has 178 valence electrons. The molecule has 0 aliphatic carbocycles. The molecule has 2 heteroatoms. The molecule has 0 radical (unpaired) electrons. The highest BCUT2D eigenvalue weighted by Gasteiger charge is 2.24. The smallest absolute Gasteiger partial charge is 0.0650 e. The minimum atomic E-state index is 0.955. The molecule has 1 aliphatic heterocycles. The highest BCUT2D eigenvalue weighted by atomic mass is 15.0. The Hall–Kier alpha value is -4.95. The van der Waals surface area contributed by atoms with Gasteiger partial charge in [-0.25, -0.2) is 0 Å². The lowest BCUT2D eigenvalue weighted by Gasteiger charge is -2.21. The van der Waals surface area contributed by atoms with E-state index in [1.54, 1.807) is 0 Å². The molecular weight excluding hydrogens is 460 g/mol. The van der Waals surface area contributed by atoms with Crippen molar-refractivity contribution in [1.29, 1.82) is 0 Å². The lowest BCUT2D eigenvalue weighted by Crippen LogP contribution is -2.07. The second-order valence-electron chi connectivity index (χ2n) is 10.0. The third-order valence-electron chi connectivity index (χ3n) is 7.89. The molecule has 38 heavy (non-hydrogen) atoms. The summed E-state index contributed by atoms with van der Waals surface area (Å²) < 4.78 is 2.48. The summed E-state index contributed by atoms with van der Waals surface area (Å²) >= 11 is 0. The largest absolute Gasteiger partial charge is 0.308 e. The topological polar surface area (TPSA) is 17.8 Å². The first-order chi connectivity index (χ1) is 18.9. The van der Waals surface area contributed by atoms with Crippen LogP contribution in [-0.4, -0.2) is 9.55 Å². The molecule has 0 atom stereocenters. The van der Waals surface area contributed by atoms with Crippen LogP contribution in [0.15, 0.2) is 134 Å². The first-order valence-electron chi connectivity index (χ1n) is 13.1. The highest BCUT2D eigenvalue weighted by Crippen LogP contribution is 2.43. The summed E-state index contributed by atoms with van der Waals surface area (Å²) in [7, 11) is 0. The molecular formula is C36H24N2. The number of hydrogen-bond donors (Lipinski definition) is 0. The lowest BCUT2D eigenvalue weighted by atomic mass is 9.91. The van der Waals surface area contributed by atoms with Gasteiger partial charge < -0.3 is 4.57 Å². The van der Waals surface area contributed by atoms with Crippen molar-refractivity contribution in [3.05, 3.63) is 145 Å². The molecule has 8 rings (SSSR count). The van der Waals surface area contributed by atoms with Crippen molar-refractivity contribution in [3.8, 4) is 39.1 Å². The van der Waals surface area contributed by atoms with Gasteiger partial charge in [0, 0.05) is 40.8 Å². The molecule has 0 bridgehead atoms. The number of hydrogen-bond acceptors (Lipinski definition) is 1. The standard InChI is InChI=1S/C36H24N2/c1-3-10-24(11-4-1)29-19-18-26(21-31(29)25-12-5-2-6-13-25)32-22-37-23-33-30-16-9-15-28-20-27-14-7-8-17-34(27)38(35(28)30)36(32)33/h1-19,21-23H,20H2. The van der Waals surface area contributed by atoms with Gasteiger partial charge in [-0.15, -0.1) is 0 Å². The lowest BCUT2D eigenvalue weighted by molar-refractivity contribution is 1.04. The van der Waals surface area contributed by atoms with Crippen LogP contribution >= 0.6 is 0 Å². The first kappa shape index (κ1) is 21.2. The average Bonchev–Trinajstić information content (AvgIpc) is 3.34. The Morgan fingerprint density at radius 1 is 0.474 bits per heavy atom. The SMILES string of the molecule is c1ccc(-c2ccc(-c3cncc4c5cccc6c5n(c34)-c3ccccc3C6)cc2-c2ccccc2)cc1. The normalized spacial score (nSPS) is 12.1. The fourth-order valence-electron chi connectivity index (χ4n) is 6.19. The van der Waals surface area contributed by atoms with Gasteiger partial charge in [0.15, 0.2) is 0 Å². The molecule has 0 spiro atoms. The van der Waals surface area contributed by atoms with Gasteiger partial charge in [0.2, 0.25) is 0 Å². The Bertz CT molecular complexity index is 1980. The minimum Gasteiger partial charge on any atom is -0.308 e. The number of aromatic nitrogens is 2. The molecule has 0 fully saturated rings. The maximum absolute atomic E-state index is 4.76. The zero-order chi connectivity index (χ0) is 25.1. The molecule has 0 unspecified atom stereocenters. The predicted octanol–water partition coefficient (Wildman–Crippen LogP) is 9.08. The summed E-state index contributed by atoms with van der Waals surface area (Å²) in [4.78, 5) is 4.76. The number of pyridine rings is 1. The predicted molar refractivity (Wildman–Crippen MR) is 158 cm³/mol. The monoisotopic (exact) mass is 484 g/mol. The van der Waals surface area contributed by atoms with Gasteiger partial charge in [0.05, 0.1) is 11.0 Å². The van der Waals surface area contributed by atoms with Crippen LogP contribution in [0.2, 0.25) is 0 Å². The molecule has 3 heterocycles. The summed E-state index contributed by atoms with van der Waals surface area (Å²) in [6.07, 6.45) is 5.02. The summed E-state index contributed by atoms with van der Waals surface area (Å²) in [5, 5.41) is 2.47. The molecule has 7 aromatic rings. The van der Waals surface area contributed by atoms with E-state index in [0.717, 1.165) is 12.0 Å².